The van der Waals surface area contributed by atoms with E-state index in [0.29, 0.717) is 0 Å². The van der Waals surface area contributed by atoms with Crippen LogP contribution in [0.4, 0.5) is 10.8 Å². The summed E-state index contributed by atoms with van der Waals surface area (Å²) in [4.78, 5) is 4.62. The molecule has 0 atom stereocenters. The Hall–Kier alpha value is -1.17. The zero-order chi connectivity index (χ0) is 13.9. The highest BCUT2D eigenvalue weighted by Gasteiger charge is 2.04. The minimum absolute atomic E-state index is 0. The Bertz CT molecular complexity index is 706. The molecule has 2 aromatic carbocycles. The third kappa shape index (κ3) is 4.15. The average molecular weight is 426 g/mol. The van der Waals surface area contributed by atoms with Gasteiger partial charge in [0.05, 0.1) is 5.69 Å². The number of thiazole rings is 1. The Kier molecular flexibility index (Phi) is 5.56. The lowest BCUT2D eigenvalue weighted by Gasteiger charge is -2.02. The fraction of sp³-hybridized carbons (Fsp3) is 0.0625. The first-order valence-corrected chi connectivity index (χ1v) is 7.93. The van der Waals surface area contributed by atoms with Gasteiger partial charge in [0.1, 0.15) is 0 Å². The summed E-state index contributed by atoms with van der Waals surface area (Å²) in [6.45, 7) is 2.09. The fourth-order valence-electron chi connectivity index (χ4n) is 1.84. The number of hydrogen-bond acceptors (Lipinski definition) is 3. The van der Waals surface area contributed by atoms with Crippen LogP contribution < -0.4 is 5.32 Å². The average Bonchev–Trinajstić information content (AvgIpc) is 2.91. The van der Waals surface area contributed by atoms with Gasteiger partial charge < -0.3 is 5.32 Å². The third-order valence-corrected chi connectivity index (χ3v) is 4.23. The number of aryl methyl sites for hydroxylation is 1. The molecule has 0 fully saturated rings. The van der Waals surface area contributed by atoms with Crippen molar-refractivity contribution in [2.75, 3.05) is 5.32 Å². The molecule has 1 aromatic heterocycles. The van der Waals surface area contributed by atoms with Gasteiger partial charge in [-0.15, -0.1) is 28.3 Å². The molecule has 21 heavy (non-hydrogen) atoms. The van der Waals surface area contributed by atoms with E-state index in [4.69, 9.17) is 0 Å². The molecule has 0 spiro atoms. The topological polar surface area (TPSA) is 24.9 Å². The highest BCUT2D eigenvalue weighted by molar-refractivity contribution is 9.10. The molecule has 3 aromatic rings. The molecule has 0 saturated heterocycles. The lowest BCUT2D eigenvalue weighted by atomic mass is 10.1. The van der Waals surface area contributed by atoms with Crippen molar-refractivity contribution in [3.05, 3.63) is 63.9 Å². The van der Waals surface area contributed by atoms with Crippen molar-refractivity contribution in [3.63, 3.8) is 0 Å². The van der Waals surface area contributed by atoms with E-state index in [2.05, 4.69) is 62.8 Å². The summed E-state index contributed by atoms with van der Waals surface area (Å²) < 4.78 is 1.07. The van der Waals surface area contributed by atoms with E-state index in [1.807, 2.05) is 24.3 Å². The minimum atomic E-state index is 0. The normalized spacial score (nSPS) is 10.0. The molecule has 0 aliphatic carbocycles. The van der Waals surface area contributed by atoms with Gasteiger partial charge in [-0.25, -0.2) is 4.98 Å². The van der Waals surface area contributed by atoms with E-state index in [1.165, 1.54) is 5.56 Å². The molecule has 2 nitrogen and oxygen atoms in total. The summed E-state index contributed by atoms with van der Waals surface area (Å²) in [5.74, 6) is 0. The van der Waals surface area contributed by atoms with Crippen LogP contribution in [-0.4, -0.2) is 4.98 Å². The highest BCUT2D eigenvalue weighted by Crippen LogP contribution is 2.27. The summed E-state index contributed by atoms with van der Waals surface area (Å²) in [5, 5.41) is 6.30. The number of nitrogens with zero attached hydrogens (tertiary/aromatic N) is 1. The van der Waals surface area contributed by atoms with E-state index in [0.717, 1.165) is 26.5 Å². The number of benzene rings is 2. The number of anilines is 2. The van der Waals surface area contributed by atoms with Crippen molar-refractivity contribution in [1.82, 2.24) is 4.98 Å². The molecule has 108 valence electrons. The number of hydrogen-bond donors (Lipinski definition) is 1. The number of aromatic nitrogens is 1. The standard InChI is InChI=1S/C16H13BrN2S.BrH/c1-11-2-4-12(5-3-11)15-10-20-16(19-15)18-14-8-6-13(17)7-9-14;/h2-10H,1H3,(H,18,19);1H. The van der Waals surface area contributed by atoms with Gasteiger partial charge in [0, 0.05) is 21.1 Å². The lowest BCUT2D eigenvalue weighted by molar-refractivity contribution is 1.37. The van der Waals surface area contributed by atoms with Crippen LogP contribution in [0.25, 0.3) is 11.3 Å². The van der Waals surface area contributed by atoms with Crippen molar-refractivity contribution in [2.24, 2.45) is 0 Å². The van der Waals surface area contributed by atoms with Gasteiger partial charge in [0.25, 0.3) is 0 Å². The maximum absolute atomic E-state index is 4.62. The molecule has 0 amide bonds. The Morgan fingerprint density at radius 3 is 2.33 bits per heavy atom. The zero-order valence-corrected chi connectivity index (χ0v) is 15.5. The molecule has 0 bridgehead atoms. The van der Waals surface area contributed by atoms with Gasteiger partial charge in [0.2, 0.25) is 0 Å². The highest BCUT2D eigenvalue weighted by atomic mass is 79.9. The van der Waals surface area contributed by atoms with E-state index in [-0.39, 0.29) is 17.0 Å². The van der Waals surface area contributed by atoms with Gasteiger partial charge in [-0.1, -0.05) is 45.8 Å². The predicted octanol–water partition coefficient (Wildman–Crippen LogP) is 6.20. The van der Waals surface area contributed by atoms with Crippen LogP contribution in [-0.2, 0) is 0 Å². The predicted molar refractivity (Wildman–Crippen MR) is 100 cm³/mol. The Balaban J connectivity index is 0.00000161. The Labute approximate surface area is 147 Å². The monoisotopic (exact) mass is 424 g/mol. The minimum Gasteiger partial charge on any atom is -0.332 e. The van der Waals surface area contributed by atoms with Crippen LogP contribution in [0.15, 0.2) is 58.4 Å². The molecule has 1 heterocycles. The molecular formula is C16H14Br2N2S. The molecule has 0 aliphatic heterocycles. The summed E-state index contributed by atoms with van der Waals surface area (Å²) in [5.41, 5.74) is 4.46. The summed E-state index contributed by atoms with van der Waals surface area (Å²) in [7, 11) is 0. The lowest BCUT2D eigenvalue weighted by Crippen LogP contribution is -1.89. The van der Waals surface area contributed by atoms with Gasteiger partial charge in [-0.2, -0.15) is 0 Å². The van der Waals surface area contributed by atoms with Gasteiger partial charge >= 0.3 is 0 Å². The molecule has 0 aliphatic rings. The smallest absolute Gasteiger partial charge is 0.187 e. The first-order chi connectivity index (χ1) is 9.70. The zero-order valence-electron chi connectivity index (χ0n) is 11.3. The van der Waals surface area contributed by atoms with E-state index >= 15 is 0 Å². The SMILES string of the molecule is Br.Cc1ccc(-c2csc(Nc3ccc(Br)cc3)n2)cc1. The van der Waals surface area contributed by atoms with Gasteiger partial charge in [-0.05, 0) is 31.2 Å². The second-order valence-corrected chi connectivity index (χ2v) is 6.31. The molecule has 5 heteroatoms. The van der Waals surface area contributed by atoms with Crippen LogP contribution in [0.2, 0.25) is 0 Å². The number of halogens is 2. The molecule has 1 N–H and O–H groups in total. The van der Waals surface area contributed by atoms with Crippen molar-refractivity contribution >= 4 is 55.1 Å². The quantitative estimate of drug-likeness (QED) is 0.540. The molecule has 0 radical (unpaired) electrons. The first-order valence-electron chi connectivity index (χ1n) is 6.26. The number of rotatable bonds is 3. The Morgan fingerprint density at radius 2 is 1.67 bits per heavy atom. The van der Waals surface area contributed by atoms with E-state index < -0.39 is 0 Å². The summed E-state index contributed by atoms with van der Waals surface area (Å²) in [6, 6.07) is 16.5. The second kappa shape index (κ2) is 7.20. The van der Waals surface area contributed by atoms with Gasteiger partial charge in [0.15, 0.2) is 5.13 Å². The van der Waals surface area contributed by atoms with Crippen LogP contribution in [0.5, 0.6) is 0 Å². The maximum Gasteiger partial charge on any atom is 0.187 e. The van der Waals surface area contributed by atoms with Crippen molar-refractivity contribution in [3.8, 4) is 11.3 Å². The second-order valence-electron chi connectivity index (χ2n) is 4.54. The van der Waals surface area contributed by atoms with Crippen molar-refractivity contribution in [1.29, 1.82) is 0 Å². The van der Waals surface area contributed by atoms with Crippen LogP contribution in [0.1, 0.15) is 5.56 Å². The van der Waals surface area contributed by atoms with Crippen LogP contribution >= 0.6 is 44.2 Å². The van der Waals surface area contributed by atoms with Crippen LogP contribution in [0.3, 0.4) is 0 Å². The van der Waals surface area contributed by atoms with Gasteiger partial charge in [-0.3, -0.25) is 0 Å². The fourth-order valence-corrected chi connectivity index (χ4v) is 2.85. The van der Waals surface area contributed by atoms with E-state index in [9.17, 15) is 0 Å². The number of nitrogens with one attached hydrogen (secondary N) is 1. The first kappa shape index (κ1) is 16.2. The van der Waals surface area contributed by atoms with Crippen molar-refractivity contribution in [2.45, 2.75) is 6.92 Å². The summed E-state index contributed by atoms with van der Waals surface area (Å²) >= 11 is 5.04. The molecule has 0 saturated carbocycles. The maximum atomic E-state index is 4.62. The molecule has 0 unspecified atom stereocenters. The van der Waals surface area contributed by atoms with Crippen molar-refractivity contribution < 1.29 is 0 Å². The molecular weight excluding hydrogens is 412 g/mol. The third-order valence-electron chi connectivity index (χ3n) is 2.95. The Morgan fingerprint density at radius 1 is 1.00 bits per heavy atom. The summed E-state index contributed by atoms with van der Waals surface area (Å²) in [6.07, 6.45) is 0. The van der Waals surface area contributed by atoms with Crippen LogP contribution in [0, 0.1) is 6.92 Å². The molecule has 3 rings (SSSR count). The van der Waals surface area contributed by atoms with E-state index in [1.54, 1.807) is 11.3 Å². The largest absolute Gasteiger partial charge is 0.332 e.